The van der Waals surface area contributed by atoms with Crippen molar-refractivity contribution in [3.8, 4) is 5.75 Å². The molecule has 4 heteroatoms. The minimum Gasteiger partial charge on any atom is -0.542 e. The van der Waals surface area contributed by atoms with Crippen molar-refractivity contribution in [1.29, 1.82) is 0 Å². The largest absolute Gasteiger partial charge is 0.542 e. The summed E-state index contributed by atoms with van der Waals surface area (Å²) in [6.07, 6.45) is 0. The highest BCUT2D eigenvalue weighted by Gasteiger charge is 2.14. The van der Waals surface area contributed by atoms with Crippen molar-refractivity contribution in [2.75, 3.05) is 0 Å². The zero-order chi connectivity index (χ0) is 11.2. The summed E-state index contributed by atoms with van der Waals surface area (Å²) in [6, 6.07) is 19.8. The first kappa shape index (κ1) is 11.5. The van der Waals surface area contributed by atoms with Crippen LogP contribution in [0.25, 0.3) is 0 Å². The van der Waals surface area contributed by atoms with E-state index in [9.17, 15) is 0 Å². The quantitative estimate of drug-likeness (QED) is 0.649. The monoisotopic (exact) mass is 246 g/mol. The standard InChI is InChI=1S/C12H11BOS2/c15-13(14-11-7-3-1-4-8-11)16-12-9-5-2-6-10-12/h1-10,15H. The lowest BCUT2D eigenvalue weighted by molar-refractivity contribution is 0.606. The van der Waals surface area contributed by atoms with E-state index < -0.39 is 0 Å². The maximum atomic E-state index is 5.65. The van der Waals surface area contributed by atoms with Crippen LogP contribution in [0.2, 0.25) is 0 Å². The summed E-state index contributed by atoms with van der Waals surface area (Å²) >= 11 is 5.97. The third kappa shape index (κ3) is 3.54. The average Bonchev–Trinajstić information content (AvgIpc) is 2.31. The number of rotatable bonds is 4. The number of hydrogen-bond acceptors (Lipinski definition) is 3. The van der Waals surface area contributed by atoms with Crippen molar-refractivity contribution in [1.82, 2.24) is 0 Å². The Hall–Kier alpha value is -0.995. The smallest absolute Gasteiger partial charge is 0.499 e. The van der Waals surface area contributed by atoms with Gasteiger partial charge in [0.2, 0.25) is 0 Å². The molecule has 2 aromatic rings. The maximum Gasteiger partial charge on any atom is 0.499 e. The van der Waals surface area contributed by atoms with Gasteiger partial charge in [-0.05, 0) is 24.3 Å². The fourth-order valence-corrected chi connectivity index (χ4v) is 2.45. The van der Waals surface area contributed by atoms with Crippen molar-refractivity contribution in [3.63, 3.8) is 0 Å². The van der Waals surface area contributed by atoms with Crippen LogP contribution in [0.5, 0.6) is 5.75 Å². The Bertz CT molecular complexity index is 380. The second-order valence-electron chi connectivity index (χ2n) is 3.17. The summed E-state index contributed by atoms with van der Waals surface area (Å²) in [5, 5.41) is 0. The van der Waals surface area contributed by atoms with Crippen molar-refractivity contribution in [3.05, 3.63) is 60.7 Å². The predicted octanol–water partition coefficient (Wildman–Crippen LogP) is 3.77. The fourth-order valence-electron chi connectivity index (χ4n) is 1.26. The highest BCUT2D eigenvalue weighted by Crippen LogP contribution is 2.24. The topological polar surface area (TPSA) is 9.23 Å². The van der Waals surface area contributed by atoms with Gasteiger partial charge in [0.15, 0.2) is 0 Å². The third-order valence-electron chi connectivity index (χ3n) is 1.96. The van der Waals surface area contributed by atoms with Gasteiger partial charge in [0.1, 0.15) is 0 Å². The molecule has 0 saturated carbocycles. The van der Waals surface area contributed by atoms with Gasteiger partial charge in [0.25, 0.3) is 0 Å². The van der Waals surface area contributed by atoms with E-state index in [1.807, 2.05) is 60.7 Å². The van der Waals surface area contributed by atoms with Gasteiger partial charge in [-0.3, -0.25) is 0 Å². The molecule has 80 valence electrons. The Labute approximate surface area is 106 Å². The SMILES string of the molecule is SB(Oc1ccccc1)Sc1ccccc1. The molecular weight excluding hydrogens is 235 g/mol. The van der Waals surface area contributed by atoms with E-state index in [1.165, 1.54) is 0 Å². The Kier molecular flexibility index (Phi) is 4.25. The van der Waals surface area contributed by atoms with Crippen LogP contribution in [0.4, 0.5) is 0 Å². The molecule has 0 radical (unpaired) electrons. The van der Waals surface area contributed by atoms with Gasteiger partial charge >= 0.3 is 5.47 Å². The van der Waals surface area contributed by atoms with Crippen LogP contribution < -0.4 is 4.65 Å². The van der Waals surface area contributed by atoms with E-state index in [4.69, 9.17) is 4.65 Å². The van der Waals surface area contributed by atoms with Crippen molar-refractivity contribution in [2.24, 2.45) is 0 Å². The third-order valence-corrected chi connectivity index (χ3v) is 3.22. The fraction of sp³-hybridized carbons (Fsp3) is 0. The number of thiol groups is 1. The maximum absolute atomic E-state index is 5.65. The van der Waals surface area contributed by atoms with E-state index in [0.29, 0.717) is 0 Å². The summed E-state index contributed by atoms with van der Waals surface area (Å²) in [5.74, 6) is 0.839. The van der Waals surface area contributed by atoms with E-state index in [-0.39, 0.29) is 5.47 Å². The zero-order valence-electron chi connectivity index (χ0n) is 8.61. The van der Waals surface area contributed by atoms with Gasteiger partial charge < -0.3 is 4.65 Å². The first-order chi connectivity index (χ1) is 7.84. The Balaban J connectivity index is 1.92. The van der Waals surface area contributed by atoms with Crippen LogP contribution in [0.15, 0.2) is 65.6 Å². The second kappa shape index (κ2) is 5.92. The van der Waals surface area contributed by atoms with Crippen LogP contribution in [0.1, 0.15) is 0 Å². The summed E-state index contributed by atoms with van der Waals surface area (Å²) in [7, 11) is 0. The van der Waals surface area contributed by atoms with Gasteiger partial charge in [-0.2, -0.15) is 12.5 Å². The lowest BCUT2D eigenvalue weighted by atomic mass is 10.3. The van der Waals surface area contributed by atoms with Crippen LogP contribution in [0, 0.1) is 0 Å². The van der Waals surface area contributed by atoms with E-state index in [1.54, 1.807) is 11.6 Å². The molecule has 0 unspecified atom stereocenters. The van der Waals surface area contributed by atoms with Gasteiger partial charge in [0.05, 0.1) is 5.75 Å². The molecule has 2 rings (SSSR count). The van der Waals surface area contributed by atoms with Crippen LogP contribution in [-0.2, 0) is 0 Å². The summed E-state index contributed by atoms with van der Waals surface area (Å²) in [6.45, 7) is 0. The van der Waals surface area contributed by atoms with Gasteiger partial charge in [0, 0.05) is 4.90 Å². The summed E-state index contributed by atoms with van der Waals surface area (Å²) in [4.78, 5) is 1.15. The highest BCUT2D eigenvalue weighted by molar-refractivity contribution is 8.47. The lowest BCUT2D eigenvalue weighted by Gasteiger charge is -2.09. The molecule has 1 nitrogen and oxygen atoms in total. The average molecular weight is 246 g/mol. The van der Waals surface area contributed by atoms with Crippen molar-refractivity contribution < 1.29 is 4.65 Å². The number of benzene rings is 2. The van der Waals surface area contributed by atoms with Gasteiger partial charge in [-0.25, -0.2) is 0 Å². The van der Waals surface area contributed by atoms with E-state index >= 15 is 0 Å². The Morgan fingerprint density at radius 3 is 2.06 bits per heavy atom. The minimum absolute atomic E-state index is 0.190. The van der Waals surface area contributed by atoms with E-state index in [0.717, 1.165) is 10.6 Å². The molecule has 0 aliphatic carbocycles. The first-order valence-corrected chi connectivity index (χ1v) is 6.36. The zero-order valence-corrected chi connectivity index (χ0v) is 10.3. The molecule has 0 fully saturated rings. The van der Waals surface area contributed by atoms with Gasteiger partial charge in [-0.1, -0.05) is 36.4 Å². The number of para-hydroxylation sites is 1. The lowest BCUT2D eigenvalue weighted by Crippen LogP contribution is -2.09. The Morgan fingerprint density at radius 2 is 1.44 bits per heavy atom. The van der Waals surface area contributed by atoms with Crippen molar-refractivity contribution >= 4 is 29.6 Å². The molecule has 0 aliphatic rings. The molecule has 0 bridgehead atoms. The molecule has 2 aromatic carbocycles. The molecule has 0 atom stereocenters. The van der Waals surface area contributed by atoms with Gasteiger partial charge in [-0.15, -0.1) is 11.6 Å². The van der Waals surface area contributed by atoms with Crippen molar-refractivity contribution in [2.45, 2.75) is 4.90 Å². The molecular formula is C12H11BOS2. The molecule has 0 aliphatic heterocycles. The van der Waals surface area contributed by atoms with Crippen LogP contribution in [0.3, 0.4) is 0 Å². The molecule has 0 spiro atoms. The predicted molar refractivity (Wildman–Crippen MR) is 74.1 cm³/mol. The molecule has 0 amide bonds. The number of hydrogen-bond donors (Lipinski definition) is 1. The van der Waals surface area contributed by atoms with Crippen LogP contribution >= 0.6 is 24.1 Å². The molecule has 0 aromatic heterocycles. The normalized spacial score (nSPS) is 9.81. The Morgan fingerprint density at radius 1 is 0.875 bits per heavy atom. The minimum atomic E-state index is -0.190. The molecule has 0 heterocycles. The highest BCUT2D eigenvalue weighted by atomic mass is 32.2. The molecule has 0 saturated heterocycles. The van der Waals surface area contributed by atoms with E-state index in [2.05, 4.69) is 12.5 Å². The molecule has 16 heavy (non-hydrogen) atoms. The summed E-state index contributed by atoms with van der Waals surface area (Å²) in [5.41, 5.74) is -0.190. The first-order valence-electron chi connectivity index (χ1n) is 4.96. The van der Waals surface area contributed by atoms with Crippen LogP contribution in [-0.4, -0.2) is 5.47 Å². The summed E-state index contributed by atoms with van der Waals surface area (Å²) < 4.78 is 5.65. The molecule has 0 N–H and O–H groups in total. The second-order valence-corrected chi connectivity index (χ2v) is 5.12.